The number of anilines is 1. The number of nitrogens with one attached hydrogen (secondary N) is 1. The van der Waals surface area contributed by atoms with Gasteiger partial charge in [0, 0.05) is 51.2 Å². The third-order valence-electron chi connectivity index (χ3n) is 4.58. The minimum absolute atomic E-state index is 0.348. The fourth-order valence-corrected chi connectivity index (χ4v) is 3.26. The lowest BCUT2D eigenvalue weighted by molar-refractivity contribution is 0.146. The third kappa shape index (κ3) is 4.71. The Bertz CT molecular complexity index is 677. The number of rotatable bonds is 7. The summed E-state index contributed by atoms with van der Waals surface area (Å²) in [6.45, 7) is 2.96. The van der Waals surface area contributed by atoms with Crippen LogP contribution in [-0.4, -0.2) is 38.9 Å². The van der Waals surface area contributed by atoms with Crippen LogP contribution in [0.2, 0.25) is 0 Å². The smallest absolute Gasteiger partial charge is 0.122 e. The molecule has 1 atom stereocenters. The Labute approximate surface area is 150 Å². The molecule has 1 aliphatic rings. The van der Waals surface area contributed by atoms with Crippen LogP contribution >= 0.6 is 0 Å². The van der Waals surface area contributed by atoms with Crippen LogP contribution in [0, 0.1) is 0 Å². The fourth-order valence-electron chi connectivity index (χ4n) is 3.26. The van der Waals surface area contributed by atoms with Crippen molar-refractivity contribution in [3.8, 4) is 5.75 Å². The van der Waals surface area contributed by atoms with Crippen molar-refractivity contribution >= 4 is 5.69 Å². The highest BCUT2D eigenvalue weighted by atomic mass is 16.5. The molecule has 1 unspecified atom stereocenters. The number of hydrogen-bond donors (Lipinski definition) is 1. The second kappa shape index (κ2) is 8.83. The van der Waals surface area contributed by atoms with Crippen molar-refractivity contribution in [1.82, 2.24) is 10.3 Å². The number of hydrogen-bond acceptors (Lipinski definition) is 5. The summed E-state index contributed by atoms with van der Waals surface area (Å²) < 4.78 is 10.7. The topological polar surface area (TPSA) is 46.6 Å². The van der Waals surface area contributed by atoms with Gasteiger partial charge in [0.25, 0.3) is 0 Å². The summed E-state index contributed by atoms with van der Waals surface area (Å²) in [5.74, 6) is 0.838. The highest BCUT2D eigenvalue weighted by Gasteiger charge is 2.20. The molecule has 0 saturated heterocycles. The van der Waals surface area contributed by atoms with Gasteiger partial charge in [0.1, 0.15) is 12.4 Å². The molecule has 1 N–H and O–H groups in total. The number of pyridine rings is 1. The van der Waals surface area contributed by atoms with Gasteiger partial charge in [0.15, 0.2) is 0 Å². The SMILES string of the molecule is COCCOc1ccnc(CNC2CCCN(C)c3ccccc32)c1. The zero-order chi connectivity index (χ0) is 17.5. The van der Waals surface area contributed by atoms with Crippen molar-refractivity contribution in [1.29, 1.82) is 0 Å². The van der Waals surface area contributed by atoms with E-state index in [-0.39, 0.29) is 0 Å². The van der Waals surface area contributed by atoms with Gasteiger partial charge >= 0.3 is 0 Å². The molecule has 2 aromatic rings. The van der Waals surface area contributed by atoms with Gasteiger partial charge < -0.3 is 19.7 Å². The van der Waals surface area contributed by atoms with Crippen molar-refractivity contribution in [3.05, 3.63) is 53.9 Å². The molecule has 0 spiro atoms. The van der Waals surface area contributed by atoms with Crippen LogP contribution in [-0.2, 0) is 11.3 Å². The average Bonchev–Trinajstić information content (AvgIpc) is 2.80. The van der Waals surface area contributed by atoms with Crippen LogP contribution in [0.5, 0.6) is 5.75 Å². The first kappa shape index (κ1) is 17.7. The van der Waals surface area contributed by atoms with Crippen LogP contribution in [0.4, 0.5) is 5.69 Å². The maximum atomic E-state index is 5.67. The van der Waals surface area contributed by atoms with Gasteiger partial charge in [-0.1, -0.05) is 18.2 Å². The number of nitrogens with zero attached hydrogens (tertiary/aromatic N) is 2. The van der Waals surface area contributed by atoms with E-state index in [2.05, 4.69) is 46.5 Å². The van der Waals surface area contributed by atoms with Gasteiger partial charge in [-0.2, -0.15) is 0 Å². The number of fused-ring (bicyclic) bond motifs is 1. The molecule has 5 heteroatoms. The van der Waals surface area contributed by atoms with E-state index in [1.54, 1.807) is 13.3 Å². The summed E-state index contributed by atoms with van der Waals surface area (Å²) >= 11 is 0. The highest BCUT2D eigenvalue weighted by Crippen LogP contribution is 2.32. The summed E-state index contributed by atoms with van der Waals surface area (Å²) in [5.41, 5.74) is 3.68. The van der Waals surface area contributed by atoms with Crippen molar-refractivity contribution in [2.24, 2.45) is 0 Å². The van der Waals surface area contributed by atoms with Crippen molar-refractivity contribution in [2.45, 2.75) is 25.4 Å². The summed E-state index contributed by atoms with van der Waals surface area (Å²) in [6, 6.07) is 12.9. The van der Waals surface area contributed by atoms with Crippen molar-refractivity contribution < 1.29 is 9.47 Å². The van der Waals surface area contributed by atoms with Gasteiger partial charge in [0.2, 0.25) is 0 Å². The molecule has 0 aliphatic carbocycles. The Morgan fingerprint density at radius 3 is 3.00 bits per heavy atom. The van der Waals surface area contributed by atoms with Gasteiger partial charge in [-0.05, 0) is 30.5 Å². The number of methoxy groups -OCH3 is 1. The van der Waals surface area contributed by atoms with E-state index in [1.165, 1.54) is 17.7 Å². The molecule has 0 amide bonds. The van der Waals surface area contributed by atoms with Crippen molar-refractivity contribution in [3.63, 3.8) is 0 Å². The maximum absolute atomic E-state index is 5.67. The Hall–Kier alpha value is -2.11. The van der Waals surface area contributed by atoms with Crippen LogP contribution in [0.3, 0.4) is 0 Å². The van der Waals surface area contributed by atoms with Crippen molar-refractivity contribution in [2.75, 3.05) is 38.8 Å². The van der Waals surface area contributed by atoms with Crippen LogP contribution in [0.25, 0.3) is 0 Å². The Balaban J connectivity index is 1.65. The molecule has 1 aromatic heterocycles. The molecule has 5 nitrogen and oxygen atoms in total. The molecule has 25 heavy (non-hydrogen) atoms. The predicted octanol–water partition coefficient (Wildman–Crippen LogP) is 3.17. The molecular weight excluding hydrogens is 314 g/mol. The zero-order valence-corrected chi connectivity index (χ0v) is 15.1. The molecule has 1 aliphatic heterocycles. The van der Waals surface area contributed by atoms with E-state index in [0.29, 0.717) is 19.3 Å². The predicted molar refractivity (Wildman–Crippen MR) is 100 cm³/mol. The lowest BCUT2D eigenvalue weighted by Crippen LogP contribution is -2.22. The quantitative estimate of drug-likeness (QED) is 0.784. The molecule has 0 saturated carbocycles. The molecule has 0 bridgehead atoms. The lowest BCUT2D eigenvalue weighted by Gasteiger charge is -2.22. The first-order chi connectivity index (χ1) is 12.3. The number of benzene rings is 1. The Kier molecular flexibility index (Phi) is 6.25. The first-order valence-electron chi connectivity index (χ1n) is 8.88. The minimum atomic E-state index is 0.348. The molecular formula is C20H27N3O2. The highest BCUT2D eigenvalue weighted by molar-refractivity contribution is 5.55. The largest absolute Gasteiger partial charge is 0.491 e. The first-order valence-corrected chi connectivity index (χ1v) is 8.88. The van der Waals surface area contributed by atoms with Gasteiger partial charge in [0.05, 0.1) is 12.3 Å². The monoisotopic (exact) mass is 341 g/mol. The number of aromatic nitrogens is 1. The van der Waals surface area contributed by atoms with Crippen LogP contribution < -0.4 is 15.0 Å². The van der Waals surface area contributed by atoms with Crippen LogP contribution in [0.1, 0.15) is 30.1 Å². The minimum Gasteiger partial charge on any atom is -0.491 e. The number of para-hydroxylation sites is 1. The van der Waals surface area contributed by atoms with E-state index in [4.69, 9.17) is 9.47 Å². The van der Waals surface area contributed by atoms with E-state index < -0.39 is 0 Å². The molecule has 134 valence electrons. The fraction of sp³-hybridized carbons (Fsp3) is 0.450. The normalized spacial score (nSPS) is 17.0. The third-order valence-corrected chi connectivity index (χ3v) is 4.58. The van der Waals surface area contributed by atoms with Gasteiger partial charge in [-0.25, -0.2) is 0 Å². The van der Waals surface area contributed by atoms with E-state index in [9.17, 15) is 0 Å². The maximum Gasteiger partial charge on any atom is 0.122 e. The average molecular weight is 341 g/mol. The number of ether oxygens (including phenoxy) is 2. The zero-order valence-electron chi connectivity index (χ0n) is 15.1. The standard InChI is InChI=1S/C20H27N3O2/c1-23-11-5-7-19(18-6-3-4-8-20(18)23)22-15-16-14-17(9-10-21-16)25-13-12-24-2/h3-4,6,8-10,14,19,22H,5,7,11-13,15H2,1-2H3. The lowest BCUT2D eigenvalue weighted by atomic mass is 10.0. The molecule has 2 heterocycles. The van der Waals surface area contributed by atoms with E-state index in [0.717, 1.165) is 31.0 Å². The summed E-state index contributed by atoms with van der Waals surface area (Å²) in [5, 5.41) is 3.68. The molecule has 0 fully saturated rings. The second-order valence-electron chi connectivity index (χ2n) is 6.38. The molecule has 3 rings (SSSR count). The second-order valence-corrected chi connectivity index (χ2v) is 6.38. The van der Waals surface area contributed by atoms with Gasteiger partial charge in [-0.15, -0.1) is 0 Å². The summed E-state index contributed by atoms with van der Waals surface area (Å²) in [7, 11) is 3.84. The Morgan fingerprint density at radius 2 is 2.12 bits per heavy atom. The molecule has 1 aromatic carbocycles. The molecule has 0 radical (unpaired) electrons. The van der Waals surface area contributed by atoms with Crippen LogP contribution in [0.15, 0.2) is 42.6 Å². The Morgan fingerprint density at radius 1 is 1.24 bits per heavy atom. The van der Waals surface area contributed by atoms with Gasteiger partial charge in [-0.3, -0.25) is 4.98 Å². The summed E-state index contributed by atoms with van der Waals surface area (Å²) in [4.78, 5) is 6.81. The van der Waals surface area contributed by atoms with E-state index >= 15 is 0 Å². The summed E-state index contributed by atoms with van der Waals surface area (Å²) in [6.07, 6.45) is 4.11. The van der Waals surface area contributed by atoms with E-state index in [1.807, 2.05) is 12.1 Å².